The van der Waals surface area contributed by atoms with Gasteiger partial charge in [0, 0.05) is 18.4 Å². The van der Waals surface area contributed by atoms with Crippen LogP contribution < -0.4 is 11.5 Å². The molecule has 14 heavy (non-hydrogen) atoms. The molecule has 1 aromatic heterocycles. The fourth-order valence-corrected chi connectivity index (χ4v) is 1.67. The Morgan fingerprint density at radius 1 is 1.29 bits per heavy atom. The molecule has 0 amide bonds. The molecule has 0 aromatic carbocycles. The van der Waals surface area contributed by atoms with Gasteiger partial charge in [0.05, 0.1) is 0 Å². The molecular formula is C11H19N3. The third kappa shape index (κ3) is 2.53. The maximum Gasteiger partial charge on any atom is 0.0339 e. The van der Waals surface area contributed by atoms with Crippen molar-refractivity contribution in [1.82, 2.24) is 4.98 Å². The fourth-order valence-electron chi connectivity index (χ4n) is 1.67. The standard InChI is InChI=1S/C11H19N3/c1-8(2)10(7-12)11(13)9-3-5-14-6-4-9/h3-6,8,10-11H,7,12-13H2,1-2H3. The van der Waals surface area contributed by atoms with Gasteiger partial charge >= 0.3 is 0 Å². The number of hydrogen-bond acceptors (Lipinski definition) is 3. The van der Waals surface area contributed by atoms with E-state index in [1.54, 1.807) is 12.4 Å². The van der Waals surface area contributed by atoms with E-state index in [2.05, 4.69) is 18.8 Å². The molecule has 78 valence electrons. The maximum atomic E-state index is 6.14. The highest BCUT2D eigenvalue weighted by Crippen LogP contribution is 2.24. The van der Waals surface area contributed by atoms with Gasteiger partial charge in [-0.25, -0.2) is 0 Å². The lowest BCUT2D eigenvalue weighted by Gasteiger charge is -2.26. The van der Waals surface area contributed by atoms with E-state index in [0.717, 1.165) is 5.56 Å². The average Bonchev–Trinajstić information content (AvgIpc) is 2.19. The molecule has 0 aliphatic carbocycles. The van der Waals surface area contributed by atoms with Crippen LogP contribution in [0.1, 0.15) is 25.5 Å². The first kappa shape index (κ1) is 11.1. The normalized spacial score (nSPS) is 15.5. The molecule has 2 atom stereocenters. The van der Waals surface area contributed by atoms with Crippen LogP contribution in [0.3, 0.4) is 0 Å². The number of hydrogen-bond donors (Lipinski definition) is 2. The molecule has 0 fully saturated rings. The van der Waals surface area contributed by atoms with Crippen molar-refractivity contribution < 1.29 is 0 Å². The molecule has 1 aromatic rings. The number of pyridine rings is 1. The predicted molar refractivity (Wildman–Crippen MR) is 58.5 cm³/mol. The van der Waals surface area contributed by atoms with Gasteiger partial charge in [-0.1, -0.05) is 13.8 Å². The van der Waals surface area contributed by atoms with E-state index >= 15 is 0 Å². The van der Waals surface area contributed by atoms with Crippen LogP contribution in [0.5, 0.6) is 0 Å². The van der Waals surface area contributed by atoms with Gasteiger partial charge in [-0.2, -0.15) is 0 Å². The van der Waals surface area contributed by atoms with Crippen LogP contribution in [0, 0.1) is 11.8 Å². The Kier molecular flexibility index (Phi) is 4.04. The molecule has 3 heteroatoms. The van der Waals surface area contributed by atoms with Crippen molar-refractivity contribution in [3.05, 3.63) is 30.1 Å². The van der Waals surface area contributed by atoms with Crippen molar-refractivity contribution in [1.29, 1.82) is 0 Å². The Morgan fingerprint density at radius 3 is 2.29 bits per heavy atom. The van der Waals surface area contributed by atoms with Gasteiger partial charge < -0.3 is 11.5 Å². The minimum Gasteiger partial charge on any atom is -0.330 e. The second-order valence-corrected chi connectivity index (χ2v) is 3.95. The minimum atomic E-state index is 0.0167. The van der Waals surface area contributed by atoms with Crippen molar-refractivity contribution in [2.75, 3.05) is 6.54 Å². The van der Waals surface area contributed by atoms with Gasteiger partial charge in [-0.3, -0.25) is 4.98 Å². The first-order valence-electron chi connectivity index (χ1n) is 5.02. The number of rotatable bonds is 4. The molecule has 0 radical (unpaired) electrons. The second-order valence-electron chi connectivity index (χ2n) is 3.95. The highest BCUT2D eigenvalue weighted by Gasteiger charge is 2.20. The SMILES string of the molecule is CC(C)C(CN)C(N)c1ccncc1. The van der Waals surface area contributed by atoms with Gasteiger partial charge in [-0.05, 0) is 36.1 Å². The average molecular weight is 193 g/mol. The van der Waals surface area contributed by atoms with Gasteiger partial charge in [0.1, 0.15) is 0 Å². The van der Waals surface area contributed by atoms with Gasteiger partial charge in [-0.15, -0.1) is 0 Å². The molecule has 0 aliphatic heterocycles. The van der Waals surface area contributed by atoms with Gasteiger partial charge in [0.25, 0.3) is 0 Å². The summed E-state index contributed by atoms with van der Waals surface area (Å²) < 4.78 is 0. The summed E-state index contributed by atoms with van der Waals surface area (Å²) in [6, 6.07) is 3.92. The minimum absolute atomic E-state index is 0.0167. The molecule has 1 rings (SSSR count). The van der Waals surface area contributed by atoms with Crippen molar-refractivity contribution in [3.8, 4) is 0 Å². The lowest BCUT2D eigenvalue weighted by atomic mass is 9.85. The Hall–Kier alpha value is -0.930. The van der Waals surface area contributed by atoms with Crippen LogP contribution in [0.2, 0.25) is 0 Å². The van der Waals surface area contributed by atoms with Crippen LogP contribution >= 0.6 is 0 Å². The van der Waals surface area contributed by atoms with Crippen LogP contribution in [-0.2, 0) is 0 Å². The van der Waals surface area contributed by atoms with Crippen molar-refractivity contribution >= 4 is 0 Å². The predicted octanol–water partition coefficient (Wildman–Crippen LogP) is 1.31. The lowest BCUT2D eigenvalue weighted by molar-refractivity contribution is 0.331. The van der Waals surface area contributed by atoms with Crippen molar-refractivity contribution in [2.45, 2.75) is 19.9 Å². The summed E-state index contributed by atoms with van der Waals surface area (Å²) in [5.74, 6) is 0.834. The van der Waals surface area contributed by atoms with E-state index in [-0.39, 0.29) is 6.04 Å². The number of aromatic nitrogens is 1. The van der Waals surface area contributed by atoms with Crippen LogP contribution in [-0.4, -0.2) is 11.5 Å². The van der Waals surface area contributed by atoms with E-state index in [9.17, 15) is 0 Å². The molecule has 3 nitrogen and oxygen atoms in total. The van der Waals surface area contributed by atoms with Gasteiger partial charge in [0.15, 0.2) is 0 Å². The summed E-state index contributed by atoms with van der Waals surface area (Å²) in [7, 11) is 0. The molecule has 0 spiro atoms. The van der Waals surface area contributed by atoms with Gasteiger partial charge in [0.2, 0.25) is 0 Å². The van der Waals surface area contributed by atoms with E-state index in [1.807, 2.05) is 12.1 Å². The quantitative estimate of drug-likeness (QED) is 0.757. The molecule has 0 bridgehead atoms. The summed E-state index contributed by atoms with van der Waals surface area (Å²) in [5, 5.41) is 0. The monoisotopic (exact) mass is 193 g/mol. The first-order chi connectivity index (χ1) is 6.66. The van der Waals surface area contributed by atoms with Crippen molar-refractivity contribution in [2.24, 2.45) is 23.3 Å². The maximum absolute atomic E-state index is 6.14. The fraction of sp³-hybridized carbons (Fsp3) is 0.545. The Morgan fingerprint density at radius 2 is 1.86 bits per heavy atom. The highest BCUT2D eigenvalue weighted by molar-refractivity contribution is 5.15. The summed E-state index contributed by atoms with van der Waals surface area (Å²) >= 11 is 0. The number of nitrogens with zero attached hydrogens (tertiary/aromatic N) is 1. The van der Waals surface area contributed by atoms with Crippen LogP contribution in [0.15, 0.2) is 24.5 Å². The lowest BCUT2D eigenvalue weighted by Crippen LogP contribution is -2.31. The van der Waals surface area contributed by atoms with Crippen LogP contribution in [0.25, 0.3) is 0 Å². The summed E-state index contributed by atoms with van der Waals surface area (Å²) in [4.78, 5) is 3.97. The zero-order valence-corrected chi connectivity index (χ0v) is 8.85. The van der Waals surface area contributed by atoms with E-state index in [1.165, 1.54) is 0 Å². The summed E-state index contributed by atoms with van der Waals surface area (Å²) in [6.07, 6.45) is 3.53. The molecule has 1 heterocycles. The van der Waals surface area contributed by atoms with E-state index in [4.69, 9.17) is 11.5 Å². The molecule has 0 saturated carbocycles. The Balaban J connectivity index is 2.78. The highest BCUT2D eigenvalue weighted by atomic mass is 14.7. The summed E-state index contributed by atoms with van der Waals surface area (Å²) in [5.41, 5.74) is 13.0. The zero-order valence-electron chi connectivity index (χ0n) is 8.85. The summed E-state index contributed by atoms with van der Waals surface area (Å²) in [6.45, 7) is 4.93. The third-order valence-electron chi connectivity index (χ3n) is 2.68. The largest absolute Gasteiger partial charge is 0.330 e. The number of nitrogens with two attached hydrogens (primary N) is 2. The van der Waals surface area contributed by atoms with Crippen LogP contribution in [0.4, 0.5) is 0 Å². The second kappa shape index (κ2) is 5.08. The molecular weight excluding hydrogens is 174 g/mol. The topological polar surface area (TPSA) is 64.9 Å². The molecule has 0 saturated heterocycles. The zero-order chi connectivity index (χ0) is 10.6. The van der Waals surface area contributed by atoms with Crippen molar-refractivity contribution in [3.63, 3.8) is 0 Å². The molecule has 0 aliphatic rings. The smallest absolute Gasteiger partial charge is 0.0339 e. The third-order valence-corrected chi connectivity index (χ3v) is 2.68. The molecule has 2 unspecified atom stereocenters. The molecule has 4 N–H and O–H groups in total. The van der Waals surface area contributed by atoms with E-state index < -0.39 is 0 Å². The Labute approximate surface area is 85.5 Å². The van der Waals surface area contributed by atoms with E-state index in [0.29, 0.717) is 18.4 Å². The first-order valence-corrected chi connectivity index (χ1v) is 5.02. The Bertz CT molecular complexity index is 258.